The minimum Gasteiger partial charge on any atom is -0.353 e. The fourth-order valence-corrected chi connectivity index (χ4v) is 2.34. The molecule has 2 aromatic rings. The van der Waals surface area contributed by atoms with Gasteiger partial charge in [0.25, 0.3) is 0 Å². The van der Waals surface area contributed by atoms with E-state index in [1.807, 2.05) is 17.0 Å². The van der Waals surface area contributed by atoms with Gasteiger partial charge in [-0.25, -0.2) is 0 Å². The Morgan fingerprint density at radius 2 is 2.16 bits per heavy atom. The van der Waals surface area contributed by atoms with Gasteiger partial charge in [-0.05, 0) is 31.7 Å². The maximum absolute atomic E-state index is 12.6. The number of pyridine rings is 1. The summed E-state index contributed by atoms with van der Waals surface area (Å²) in [6.07, 6.45) is -1.06. The van der Waals surface area contributed by atoms with Gasteiger partial charge in [0.1, 0.15) is 0 Å². The summed E-state index contributed by atoms with van der Waals surface area (Å²) >= 11 is 0. The first-order valence-electron chi connectivity index (χ1n) is 7.71. The smallest absolute Gasteiger partial charge is 0.353 e. The van der Waals surface area contributed by atoms with Crippen LogP contribution in [-0.4, -0.2) is 45.7 Å². The molecule has 0 saturated carbocycles. The van der Waals surface area contributed by atoms with Gasteiger partial charge >= 0.3 is 6.18 Å². The van der Waals surface area contributed by atoms with Crippen LogP contribution in [0.25, 0.3) is 0 Å². The first kappa shape index (κ1) is 18.9. The fraction of sp³-hybridized carbons (Fsp3) is 0.438. The zero-order chi connectivity index (χ0) is 18.4. The molecule has 0 aromatic carbocycles. The second kappa shape index (κ2) is 8.11. The first-order valence-corrected chi connectivity index (χ1v) is 7.71. The number of aromatic nitrogens is 3. The topological polar surface area (TPSA) is 63.1 Å². The van der Waals surface area contributed by atoms with Crippen molar-refractivity contribution < 1.29 is 18.0 Å². The van der Waals surface area contributed by atoms with Crippen molar-refractivity contribution in [2.45, 2.75) is 26.2 Å². The van der Waals surface area contributed by atoms with Gasteiger partial charge in [-0.2, -0.15) is 18.3 Å². The summed E-state index contributed by atoms with van der Waals surface area (Å²) < 4.78 is 39.0. The van der Waals surface area contributed by atoms with E-state index in [9.17, 15) is 18.0 Å². The monoisotopic (exact) mass is 355 g/mol. The highest BCUT2D eigenvalue weighted by atomic mass is 19.4. The van der Waals surface area contributed by atoms with Crippen LogP contribution in [0.1, 0.15) is 17.0 Å². The van der Waals surface area contributed by atoms with Crippen LogP contribution >= 0.6 is 0 Å². The zero-order valence-corrected chi connectivity index (χ0v) is 14.0. The first-order chi connectivity index (χ1) is 11.8. The molecule has 0 atom stereocenters. The normalized spacial score (nSPS) is 11.8. The number of likely N-dealkylation sites (N-methyl/N-ethyl adjacent to an activating group) is 1. The number of halogens is 3. The summed E-state index contributed by atoms with van der Waals surface area (Å²) in [6, 6.07) is 4.73. The Kier molecular flexibility index (Phi) is 6.13. The molecule has 0 radical (unpaired) electrons. The third-order valence-corrected chi connectivity index (χ3v) is 3.51. The molecule has 0 aliphatic carbocycles. The van der Waals surface area contributed by atoms with E-state index < -0.39 is 11.9 Å². The predicted molar refractivity (Wildman–Crippen MR) is 85.5 cm³/mol. The Labute approximate surface area is 143 Å². The summed E-state index contributed by atoms with van der Waals surface area (Å²) in [4.78, 5) is 17.7. The lowest BCUT2D eigenvalue weighted by Gasteiger charge is -2.16. The SMILES string of the molecule is Cc1cc(C(F)(F)F)nn1CCNC(=O)CN(C)Cc1cccnc1. The molecule has 1 N–H and O–H groups in total. The number of aryl methyl sites for hydroxylation is 1. The molecule has 1 amide bonds. The lowest BCUT2D eigenvalue weighted by atomic mass is 10.3. The number of hydrogen-bond acceptors (Lipinski definition) is 4. The molecule has 2 rings (SSSR count). The lowest BCUT2D eigenvalue weighted by molar-refractivity contribution is -0.141. The van der Waals surface area contributed by atoms with Crippen LogP contribution in [-0.2, 0) is 24.1 Å². The Balaban J connectivity index is 1.76. The van der Waals surface area contributed by atoms with Gasteiger partial charge in [0, 0.05) is 31.2 Å². The Hall–Kier alpha value is -2.42. The van der Waals surface area contributed by atoms with Crippen molar-refractivity contribution in [2.75, 3.05) is 20.1 Å². The van der Waals surface area contributed by atoms with E-state index >= 15 is 0 Å². The Bertz CT molecular complexity index is 700. The number of hydrogen-bond donors (Lipinski definition) is 1. The highest BCUT2D eigenvalue weighted by Gasteiger charge is 2.34. The predicted octanol–water partition coefficient (Wildman–Crippen LogP) is 1.85. The number of carbonyl (C=O) groups is 1. The second-order valence-electron chi connectivity index (χ2n) is 5.78. The highest BCUT2D eigenvalue weighted by molar-refractivity contribution is 5.77. The van der Waals surface area contributed by atoms with Gasteiger partial charge in [0.15, 0.2) is 5.69 Å². The number of nitrogens with zero attached hydrogens (tertiary/aromatic N) is 4. The average Bonchev–Trinajstić information content (AvgIpc) is 2.89. The van der Waals surface area contributed by atoms with Crippen molar-refractivity contribution in [3.8, 4) is 0 Å². The molecule has 0 aliphatic heterocycles. The number of rotatable bonds is 7. The molecule has 9 heteroatoms. The molecule has 2 heterocycles. The maximum Gasteiger partial charge on any atom is 0.435 e. The summed E-state index contributed by atoms with van der Waals surface area (Å²) in [7, 11) is 1.81. The number of amides is 1. The molecule has 6 nitrogen and oxygen atoms in total. The minimum atomic E-state index is -4.46. The summed E-state index contributed by atoms with van der Waals surface area (Å²) in [5, 5.41) is 6.20. The van der Waals surface area contributed by atoms with Gasteiger partial charge in [0.2, 0.25) is 5.91 Å². The van der Waals surface area contributed by atoms with Crippen LogP contribution in [0.5, 0.6) is 0 Å². The molecule has 2 aromatic heterocycles. The number of carbonyl (C=O) groups excluding carboxylic acids is 1. The van der Waals surface area contributed by atoms with Crippen LogP contribution < -0.4 is 5.32 Å². The Morgan fingerprint density at radius 1 is 1.40 bits per heavy atom. The van der Waals surface area contributed by atoms with Gasteiger partial charge in [0.05, 0.1) is 13.1 Å². The summed E-state index contributed by atoms with van der Waals surface area (Å²) in [5.41, 5.74) is 0.465. The van der Waals surface area contributed by atoms with Crippen LogP contribution in [0.15, 0.2) is 30.6 Å². The highest BCUT2D eigenvalue weighted by Crippen LogP contribution is 2.28. The van der Waals surface area contributed by atoms with E-state index in [1.54, 1.807) is 26.4 Å². The fourth-order valence-electron chi connectivity index (χ4n) is 2.34. The van der Waals surface area contributed by atoms with Crippen molar-refractivity contribution in [2.24, 2.45) is 0 Å². The van der Waals surface area contributed by atoms with Crippen molar-refractivity contribution >= 4 is 5.91 Å². The van der Waals surface area contributed by atoms with Crippen LogP contribution in [0.2, 0.25) is 0 Å². The van der Waals surface area contributed by atoms with Gasteiger partial charge in [-0.15, -0.1) is 0 Å². The minimum absolute atomic E-state index is 0.181. The summed E-state index contributed by atoms with van der Waals surface area (Å²) in [5.74, 6) is -0.202. The molecule has 0 bridgehead atoms. The van der Waals surface area contributed by atoms with Gasteiger partial charge < -0.3 is 5.32 Å². The maximum atomic E-state index is 12.6. The molecule has 25 heavy (non-hydrogen) atoms. The molecule has 0 spiro atoms. The second-order valence-corrected chi connectivity index (χ2v) is 5.78. The van der Waals surface area contributed by atoms with Crippen LogP contribution in [0.3, 0.4) is 0 Å². The van der Waals surface area contributed by atoms with Crippen LogP contribution in [0, 0.1) is 6.92 Å². The van der Waals surface area contributed by atoms with Crippen LogP contribution in [0.4, 0.5) is 13.2 Å². The number of nitrogens with one attached hydrogen (secondary N) is 1. The molecular formula is C16H20F3N5O. The van der Waals surface area contributed by atoms with Crippen molar-refractivity contribution in [3.63, 3.8) is 0 Å². The molecule has 0 aliphatic rings. The molecule has 0 unspecified atom stereocenters. The standard InChI is InChI=1S/C16H20F3N5O/c1-12-8-14(16(17,18)19)22-24(12)7-6-21-15(25)11-23(2)10-13-4-3-5-20-9-13/h3-5,8-9H,6-7,10-11H2,1-2H3,(H,21,25). The van der Waals surface area contributed by atoms with Crippen molar-refractivity contribution in [1.29, 1.82) is 0 Å². The number of alkyl halides is 3. The van der Waals surface area contributed by atoms with E-state index in [4.69, 9.17) is 0 Å². The quantitative estimate of drug-likeness (QED) is 0.823. The van der Waals surface area contributed by atoms with E-state index in [0.29, 0.717) is 12.2 Å². The summed E-state index contributed by atoms with van der Waals surface area (Å²) in [6.45, 7) is 2.69. The molecule has 0 saturated heterocycles. The van der Waals surface area contributed by atoms with Gasteiger partial charge in [-0.3, -0.25) is 19.4 Å². The average molecular weight is 355 g/mol. The third-order valence-electron chi connectivity index (χ3n) is 3.51. The van der Waals surface area contributed by atoms with Crippen molar-refractivity contribution in [3.05, 3.63) is 47.5 Å². The van der Waals surface area contributed by atoms with E-state index in [-0.39, 0.29) is 25.5 Å². The molecular weight excluding hydrogens is 335 g/mol. The largest absolute Gasteiger partial charge is 0.435 e. The third kappa shape index (κ3) is 5.86. The Morgan fingerprint density at radius 3 is 2.76 bits per heavy atom. The lowest BCUT2D eigenvalue weighted by Crippen LogP contribution is -2.36. The molecule has 0 fully saturated rings. The van der Waals surface area contributed by atoms with Gasteiger partial charge in [-0.1, -0.05) is 6.07 Å². The van der Waals surface area contributed by atoms with E-state index in [2.05, 4.69) is 15.4 Å². The zero-order valence-electron chi connectivity index (χ0n) is 14.0. The molecule has 136 valence electrons. The van der Waals surface area contributed by atoms with E-state index in [0.717, 1.165) is 11.6 Å². The van der Waals surface area contributed by atoms with Crippen molar-refractivity contribution in [1.82, 2.24) is 25.0 Å². The van der Waals surface area contributed by atoms with E-state index in [1.165, 1.54) is 4.68 Å².